The van der Waals surface area contributed by atoms with Crippen LogP contribution in [0.25, 0.3) is 6.08 Å². The molecule has 2 aromatic carbocycles. The van der Waals surface area contributed by atoms with Crippen molar-refractivity contribution >= 4 is 24.0 Å². The van der Waals surface area contributed by atoms with Gasteiger partial charge in [0.25, 0.3) is 0 Å². The molecule has 2 aromatic rings. The minimum Gasteiger partial charge on any atom is -0.494 e. The first-order valence-corrected chi connectivity index (χ1v) is 16.2. The lowest BCUT2D eigenvalue weighted by atomic mass is 9.61. The second-order valence-electron chi connectivity index (χ2n) is 14.1. The third kappa shape index (κ3) is 12.5. The molecule has 0 spiro atoms. The Balaban J connectivity index is 1.68. The molecule has 0 fully saturated rings. The van der Waals surface area contributed by atoms with Crippen molar-refractivity contribution in [3.8, 4) is 17.2 Å². The van der Waals surface area contributed by atoms with Crippen molar-refractivity contribution < 1.29 is 38.1 Å². The van der Waals surface area contributed by atoms with Gasteiger partial charge in [0, 0.05) is 6.08 Å². The molecule has 1 unspecified atom stereocenters. The monoisotopic (exact) mass is 638 g/mol. The van der Waals surface area contributed by atoms with Crippen LogP contribution in [0.1, 0.15) is 109 Å². The number of benzene rings is 2. The molecule has 0 N–H and O–H groups in total. The predicted molar refractivity (Wildman–Crippen MR) is 181 cm³/mol. The molecule has 0 aromatic heterocycles. The Hall–Kier alpha value is -3.81. The van der Waals surface area contributed by atoms with E-state index in [9.17, 15) is 14.4 Å². The fourth-order valence-corrected chi connectivity index (χ4v) is 5.08. The molecule has 1 atom stereocenters. The van der Waals surface area contributed by atoms with Gasteiger partial charge in [-0.05, 0) is 85.1 Å². The van der Waals surface area contributed by atoms with Gasteiger partial charge in [0.1, 0.15) is 5.75 Å². The number of methoxy groups -OCH3 is 2. The lowest BCUT2D eigenvalue weighted by molar-refractivity contribution is -0.165. The largest absolute Gasteiger partial charge is 0.494 e. The van der Waals surface area contributed by atoms with Gasteiger partial charge in [0.2, 0.25) is 0 Å². The number of carbonyl (C=O) groups is 3. The average Bonchev–Trinajstić information content (AvgIpc) is 2.99. The van der Waals surface area contributed by atoms with Gasteiger partial charge in [-0.1, -0.05) is 73.3 Å². The molecule has 0 saturated carbocycles. The van der Waals surface area contributed by atoms with E-state index in [1.165, 1.54) is 20.3 Å². The van der Waals surface area contributed by atoms with Crippen LogP contribution in [0.4, 0.5) is 0 Å². The molecule has 0 heterocycles. The van der Waals surface area contributed by atoms with E-state index in [1.807, 2.05) is 6.92 Å². The predicted octanol–water partition coefficient (Wildman–Crippen LogP) is 8.85. The van der Waals surface area contributed by atoms with E-state index >= 15 is 0 Å². The average molecular weight is 639 g/mol. The summed E-state index contributed by atoms with van der Waals surface area (Å²) >= 11 is 0. The Kier molecular flexibility index (Phi) is 14.8. The number of ether oxygens (including phenoxy) is 5. The highest BCUT2D eigenvalue weighted by Crippen LogP contribution is 2.47. The molecule has 254 valence electrons. The Morgan fingerprint density at radius 2 is 1.35 bits per heavy atom. The number of hydrogen-bond acceptors (Lipinski definition) is 8. The van der Waals surface area contributed by atoms with Crippen LogP contribution in [0.3, 0.4) is 0 Å². The summed E-state index contributed by atoms with van der Waals surface area (Å²) in [5.74, 6) is 0.232. The Bertz CT molecular complexity index is 1300. The summed E-state index contributed by atoms with van der Waals surface area (Å²) in [6, 6.07) is 11.8. The number of unbranched alkanes of at least 4 members (excludes halogenated alkanes) is 5. The summed E-state index contributed by atoms with van der Waals surface area (Å²) in [4.78, 5) is 37.1. The van der Waals surface area contributed by atoms with E-state index in [0.717, 1.165) is 44.9 Å². The molecule has 0 aliphatic heterocycles. The quantitative estimate of drug-likeness (QED) is 0.0734. The fraction of sp³-hybridized carbons (Fsp3) is 0.553. The highest BCUT2D eigenvalue weighted by molar-refractivity contribution is 5.91. The molecule has 0 aliphatic rings. The highest BCUT2D eigenvalue weighted by atomic mass is 16.6. The number of rotatable bonds is 17. The molecule has 0 radical (unpaired) electrons. The first kappa shape index (κ1) is 38.4. The van der Waals surface area contributed by atoms with E-state index in [4.69, 9.17) is 18.9 Å². The summed E-state index contributed by atoms with van der Waals surface area (Å²) < 4.78 is 27.1. The van der Waals surface area contributed by atoms with Gasteiger partial charge in [0.15, 0.2) is 11.5 Å². The second-order valence-corrected chi connectivity index (χ2v) is 14.1. The van der Waals surface area contributed by atoms with E-state index < -0.39 is 17.4 Å². The fourth-order valence-electron chi connectivity index (χ4n) is 5.08. The van der Waals surface area contributed by atoms with E-state index in [0.29, 0.717) is 35.8 Å². The van der Waals surface area contributed by atoms with Crippen LogP contribution in [0, 0.1) is 16.2 Å². The molecular formula is C38H54O8. The molecule has 0 bridgehead atoms. The van der Waals surface area contributed by atoms with Gasteiger partial charge in [-0.25, -0.2) is 9.59 Å². The molecule has 2 rings (SSSR count). The lowest BCUT2D eigenvalue weighted by Gasteiger charge is -2.43. The maximum atomic E-state index is 13.0. The van der Waals surface area contributed by atoms with Gasteiger partial charge in [-0.3, -0.25) is 4.79 Å². The van der Waals surface area contributed by atoms with Gasteiger partial charge >= 0.3 is 17.9 Å². The van der Waals surface area contributed by atoms with Gasteiger partial charge in [0.05, 0.1) is 38.4 Å². The smallest absolute Gasteiger partial charge is 0.343 e. The summed E-state index contributed by atoms with van der Waals surface area (Å²) in [5.41, 5.74) is 0.414. The Labute approximate surface area is 275 Å². The van der Waals surface area contributed by atoms with E-state index in [-0.39, 0.29) is 22.5 Å². The van der Waals surface area contributed by atoms with Crippen LogP contribution in [-0.2, 0) is 19.1 Å². The third-order valence-corrected chi connectivity index (χ3v) is 8.12. The topological polar surface area (TPSA) is 97.4 Å². The molecule has 0 aliphatic carbocycles. The summed E-state index contributed by atoms with van der Waals surface area (Å²) in [5, 5.41) is 0. The van der Waals surface area contributed by atoms with Crippen LogP contribution in [0.2, 0.25) is 0 Å². The second kappa shape index (κ2) is 17.8. The van der Waals surface area contributed by atoms with Crippen molar-refractivity contribution in [2.45, 2.75) is 93.4 Å². The Morgan fingerprint density at radius 3 is 1.91 bits per heavy atom. The van der Waals surface area contributed by atoms with Gasteiger partial charge in [-0.15, -0.1) is 0 Å². The summed E-state index contributed by atoms with van der Waals surface area (Å²) in [6.45, 7) is 16.0. The van der Waals surface area contributed by atoms with Crippen LogP contribution in [0.15, 0.2) is 48.5 Å². The van der Waals surface area contributed by atoms with Crippen LogP contribution < -0.4 is 14.2 Å². The lowest BCUT2D eigenvalue weighted by Crippen LogP contribution is -2.44. The minimum atomic E-state index is -0.524. The minimum absolute atomic E-state index is 0.0420. The zero-order chi connectivity index (χ0) is 34.4. The van der Waals surface area contributed by atoms with Crippen molar-refractivity contribution in [1.82, 2.24) is 0 Å². The number of carbonyl (C=O) groups excluding carboxylic acids is 3. The molecule has 8 heteroatoms. The zero-order valence-corrected chi connectivity index (χ0v) is 29.3. The first-order chi connectivity index (χ1) is 21.6. The SMILES string of the molecule is COC(=O)/C=C/c1ccc(OC(=O)c2ccc(OCCCCCCCCOC(=O)C(C)(CC(C)(C)C)C(C)(C)C)cc2)c(OC)c1. The van der Waals surface area contributed by atoms with Crippen LogP contribution >= 0.6 is 0 Å². The molecule has 46 heavy (non-hydrogen) atoms. The van der Waals surface area contributed by atoms with E-state index in [1.54, 1.807) is 48.5 Å². The first-order valence-electron chi connectivity index (χ1n) is 16.2. The molecular weight excluding hydrogens is 584 g/mol. The van der Waals surface area contributed by atoms with Crippen molar-refractivity contribution in [2.24, 2.45) is 16.2 Å². The molecule has 0 amide bonds. The van der Waals surface area contributed by atoms with Crippen molar-refractivity contribution in [2.75, 3.05) is 27.4 Å². The maximum absolute atomic E-state index is 13.0. The van der Waals surface area contributed by atoms with Gasteiger partial charge < -0.3 is 23.7 Å². The third-order valence-electron chi connectivity index (χ3n) is 8.12. The molecule has 8 nitrogen and oxygen atoms in total. The highest BCUT2D eigenvalue weighted by Gasteiger charge is 2.47. The van der Waals surface area contributed by atoms with Crippen molar-refractivity contribution in [3.63, 3.8) is 0 Å². The van der Waals surface area contributed by atoms with Gasteiger partial charge in [-0.2, -0.15) is 0 Å². The zero-order valence-electron chi connectivity index (χ0n) is 29.3. The van der Waals surface area contributed by atoms with Crippen LogP contribution in [-0.4, -0.2) is 45.3 Å². The van der Waals surface area contributed by atoms with E-state index in [2.05, 4.69) is 46.3 Å². The van der Waals surface area contributed by atoms with Crippen molar-refractivity contribution in [3.05, 3.63) is 59.7 Å². The Morgan fingerprint density at radius 1 is 0.739 bits per heavy atom. The van der Waals surface area contributed by atoms with Crippen molar-refractivity contribution in [1.29, 1.82) is 0 Å². The standard InChI is InChI=1S/C38H54O8/c1-36(2,3)27-38(7,37(4,5)6)35(41)45-25-15-13-11-10-12-14-24-44-30-20-18-29(19-21-30)34(40)46-31-22-16-28(26-32(31)42-8)17-23-33(39)43-9/h16-23,26H,10-15,24-25,27H2,1-9H3/b23-17+. The molecule has 0 saturated heterocycles. The van der Waals surface area contributed by atoms with Crippen LogP contribution in [0.5, 0.6) is 17.2 Å². The maximum Gasteiger partial charge on any atom is 0.343 e. The summed E-state index contributed by atoms with van der Waals surface area (Å²) in [7, 11) is 2.78. The number of hydrogen-bond donors (Lipinski definition) is 0. The number of esters is 3. The normalized spacial score (nSPS) is 13.2. The summed E-state index contributed by atoms with van der Waals surface area (Å²) in [6.07, 6.45) is 9.73.